The molecular formula is C28H33N3O5. The van der Waals surface area contributed by atoms with E-state index in [1.54, 1.807) is 22.2 Å². The lowest BCUT2D eigenvalue weighted by Crippen LogP contribution is -2.49. The highest BCUT2D eigenvalue weighted by atomic mass is 16.6. The van der Waals surface area contributed by atoms with Gasteiger partial charge in [0.25, 0.3) is 0 Å². The number of carbonyl (C=O) groups is 3. The van der Waals surface area contributed by atoms with Crippen molar-refractivity contribution in [3.8, 4) is 0 Å². The van der Waals surface area contributed by atoms with Gasteiger partial charge in [-0.3, -0.25) is 19.4 Å². The van der Waals surface area contributed by atoms with Crippen LogP contribution in [-0.2, 0) is 37.0 Å². The fourth-order valence-corrected chi connectivity index (χ4v) is 5.73. The van der Waals surface area contributed by atoms with Gasteiger partial charge in [-0.15, -0.1) is 0 Å². The molecule has 0 radical (unpaired) electrons. The van der Waals surface area contributed by atoms with E-state index in [1.807, 2.05) is 42.5 Å². The maximum atomic E-state index is 13.9. The minimum Gasteiger partial charge on any atom is -0.458 e. The van der Waals surface area contributed by atoms with Crippen molar-refractivity contribution in [3.63, 3.8) is 0 Å². The summed E-state index contributed by atoms with van der Waals surface area (Å²) < 4.78 is 12.0. The van der Waals surface area contributed by atoms with Crippen LogP contribution in [0.2, 0.25) is 0 Å². The zero-order chi connectivity index (χ0) is 25.0. The van der Waals surface area contributed by atoms with Crippen molar-refractivity contribution in [1.82, 2.24) is 14.8 Å². The summed E-state index contributed by atoms with van der Waals surface area (Å²) in [5.41, 5.74) is 1.22. The molecule has 3 heterocycles. The summed E-state index contributed by atoms with van der Waals surface area (Å²) in [5.74, 6) is -1.15. The molecule has 0 bridgehead atoms. The Morgan fingerprint density at radius 2 is 1.81 bits per heavy atom. The van der Waals surface area contributed by atoms with Crippen LogP contribution in [0.3, 0.4) is 0 Å². The van der Waals surface area contributed by atoms with Crippen LogP contribution in [0.15, 0.2) is 54.9 Å². The molecular weight excluding hydrogens is 458 g/mol. The molecule has 190 valence electrons. The minimum atomic E-state index is -0.725. The number of pyridine rings is 1. The van der Waals surface area contributed by atoms with Crippen LogP contribution in [0, 0.1) is 5.92 Å². The van der Waals surface area contributed by atoms with Crippen molar-refractivity contribution in [1.29, 1.82) is 0 Å². The van der Waals surface area contributed by atoms with Crippen molar-refractivity contribution in [2.24, 2.45) is 5.92 Å². The van der Waals surface area contributed by atoms with Crippen LogP contribution in [-0.4, -0.2) is 63.9 Å². The molecule has 8 heteroatoms. The quantitative estimate of drug-likeness (QED) is 0.577. The monoisotopic (exact) mass is 491 g/mol. The second kappa shape index (κ2) is 10.8. The lowest BCUT2D eigenvalue weighted by molar-refractivity contribution is -0.157. The van der Waals surface area contributed by atoms with Gasteiger partial charge in [0.15, 0.2) is 0 Å². The summed E-state index contributed by atoms with van der Waals surface area (Å²) in [6.45, 7) is 1.42. The molecule has 2 saturated heterocycles. The molecule has 0 N–H and O–H groups in total. The smallest absolute Gasteiger partial charge is 0.307 e. The van der Waals surface area contributed by atoms with Gasteiger partial charge in [0.05, 0.1) is 31.6 Å². The third-order valence-electron chi connectivity index (χ3n) is 7.58. The normalized spacial score (nSPS) is 24.0. The molecule has 3 aliphatic rings. The number of aromatic nitrogens is 1. The Hall–Kier alpha value is -3.26. The lowest BCUT2D eigenvalue weighted by Gasteiger charge is -2.38. The second-order valence-corrected chi connectivity index (χ2v) is 10.1. The van der Waals surface area contributed by atoms with Gasteiger partial charge in [0, 0.05) is 32.0 Å². The zero-order valence-corrected chi connectivity index (χ0v) is 20.5. The Morgan fingerprint density at radius 1 is 1.03 bits per heavy atom. The number of hydrogen-bond donors (Lipinski definition) is 0. The van der Waals surface area contributed by atoms with E-state index in [1.165, 1.54) is 0 Å². The molecule has 1 spiro atoms. The topological polar surface area (TPSA) is 89.0 Å². The zero-order valence-electron chi connectivity index (χ0n) is 20.5. The lowest BCUT2D eigenvalue weighted by atomic mass is 9.75. The average Bonchev–Trinajstić information content (AvgIpc) is 3.12. The van der Waals surface area contributed by atoms with Crippen LogP contribution >= 0.6 is 0 Å². The van der Waals surface area contributed by atoms with E-state index in [-0.39, 0.29) is 43.4 Å². The molecule has 1 aromatic carbocycles. The van der Waals surface area contributed by atoms with Gasteiger partial charge in [0.1, 0.15) is 5.60 Å². The highest BCUT2D eigenvalue weighted by Gasteiger charge is 2.54. The summed E-state index contributed by atoms with van der Waals surface area (Å²) in [7, 11) is 0. The van der Waals surface area contributed by atoms with Gasteiger partial charge in [-0.25, -0.2) is 0 Å². The van der Waals surface area contributed by atoms with E-state index in [4.69, 9.17) is 9.47 Å². The summed E-state index contributed by atoms with van der Waals surface area (Å²) in [4.78, 5) is 47.1. The van der Waals surface area contributed by atoms with E-state index in [0.29, 0.717) is 32.5 Å². The first-order chi connectivity index (χ1) is 17.5. The molecule has 0 unspecified atom stereocenters. The second-order valence-electron chi connectivity index (χ2n) is 10.1. The predicted molar refractivity (Wildman–Crippen MR) is 131 cm³/mol. The van der Waals surface area contributed by atoms with Gasteiger partial charge in [-0.1, -0.05) is 42.8 Å². The number of ether oxygens (including phenoxy) is 2. The molecule has 2 amide bonds. The molecule has 2 aromatic rings. The standard InChI is InChI=1S/C28H33N3O5/c32-25-19-31(27(34)24-14-26(33)36-28(24)11-5-2-6-12-28)18-23(35-20-22-10-7-13-29-15-22)17-30(25)16-21-8-3-1-4-9-21/h1,3-4,7-10,13,15,23-24H,2,5-6,11-12,14,16-20H2/t23-,24-/m0/s1. The highest BCUT2D eigenvalue weighted by molar-refractivity contribution is 5.91. The van der Waals surface area contributed by atoms with Gasteiger partial charge >= 0.3 is 5.97 Å². The Balaban J connectivity index is 1.36. The number of nitrogens with zero attached hydrogens (tertiary/aromatic N) is 3. The van der Waals surface area contributed by atoms with Crippen molar-refractivity contribution < 1.29 is 23.9 Å². The Bertz CT molecular complexity index is 1070. The first kappa shape index (κ1) is 24.4. The molecule has 8 nitrogen and oxygen atoms in total. The Kier molecular flexibility index (Phi) is 7.32. The van der Waals surface area contributed by atoms with Gasteiger partial charge in [-0.2, -0.15) is 0 Å². The number of esters is 1. The van der Waals surface area contributed by atoms with Gasteiger partial charge in [-0.05, 0) is 42.9 Å². The van der Waals surface area contributed by atoms with Crippen molar-refractivity contribution in [2.75, 3.05) is 19.6 Å². The van der Waals surface area contributed by atoms with E-state index in [0.717, 1.165) is 30.4 Å². The number of carbonyl (C=O) groups excluding carboxylic acids is 3. The molecule has 3 fully saturated rings. The van der Waals surface area contributed by atoms with Crippen molar-refractivity contribution in [2.45, 2.75) is 63.4 Å². The summed E-state index contributed by atoms with van der Waals surface area (Å²) in [5, 5.41) is 0. The number of amides is 2. The largest absolute Gasteiger partial charge is 0.458 e. The van der Waals surface area contributed by atoms with Crippen LogP contribution < -0.4 is 0 Å². The minimum absolute atomic E-state index is 0.0286. The average molecular weight is 492 g/mol. The molecule has 2 atom stereocenters. The van der Waals surface area contributed by atoms with Crippen LogP contribution in [0.4, 0.5) is 0 Å². The molecule has 1 aliphatic carbocycles. The number of rotatable bonds is 6. The molecule has 1 saturated carbocycles. The third-order valence-corrected chi connectivity index (χ3v) is 7.58. The van der Waals surface area contributed by atoms with Gasteiger partial charge < -0.3 is 19.3 Å². The number of hydrogen-bond acceptors (Lipinski definition) is 6. The SMILES string of the molecule is O=C1C[C@@H](C(=O)N2CC(=O)N(Cc3ccccc3)C[C@H](OCc3cccnc3)C2)C2(CCCCC2)O1. The third kappa shape index (κ3) is 5.43. The maximum Gasteiger partial charge on any atom is 0.307 e. The summed E-state index contributed by atoms with van der Waals surface area (Å²) in [6.07, 6.45) is 7.55. The maximum absolute atomic E-state index is 13.9. The van der Waals surface area contributed by atoms with Gasteiger partial charge in [0.2, 0.25) is 11.8 Å². The van der Waals surface area contributed by atoms with E-state index in [2.05, 4.69) is 4.98 Å². The van der Waals surface area contributed by atoms with E-state index >= 15 is 0 Å². The summed E-state index contributed by atoms with van der Waals surface area (Å²) >= 11 is 0. The fourth-order valence-electron chi connectivity index (χ4n) is 5.73. The predicted octanol–water partition coefficient (Wildman–Crippen LogP) is 3.10. The van der Waals surface area contributed by atoms with E-state index in [9.17, 15) is 14.4 Å². The van der Waals surface area contributed by atoms with E-state index < -0.39 is 11.5 Å². The van der Waals surface area contributed by atoms with Crippen LogP contribution in [0.1, 0.15) is 49.7 Å². The van der Waals surface area contributed by atoms with Crippen molar-refractivity contribution in [3.05, 3.63) is 66.0 Å². The van der Waals surface area contributed by atoms with Crippen molar-refractivity contribution >= 4 is 17.8 Å². The van der Waals surface area contributed by atoms with Crippen LogP contribution in [0.5, 0.6) is 0 Å². The Labute approximate surface area is 211 Å². The first-order valence-corrected chi connectivity index (χ1v) is 12.9. The first-order valence-electron chi connectivity index (χ1n) is 12.9. The molecule has 1 aromatic heterocycles. The Morgan fingerprint density at radius 3 is 2.56 bits per heavy atom. The summed E-state index contributed by atoms with van der Waals surface area (Å²) in [6, 6.07) is 13.6. The fraction of sp³-hybridized carbons (Fsp3) is 0.500. The molecule has 36 heavy (non-hydrogen) atoms. The molecule has 2 aliphatic heterocycles. The van der Waals surface area contributed by atoms with Crippen LogP contribution in [0.25, 0.3) is 0 Å². The highest BCUT2D eigenvalue weighted by Crippen LogP contribution is 2.45. The molecule has 5 rings (SSSR count). The number of benzene rings is 1.